The predicted octanol–water partition coefficient (Wildman–Crippen LogP) is 5.31. The van der Waals surface area contributed by atoms with Gasteiger partial charge in [0.2, 0.25) is 0 Å². The molecule has 0 spiro atoms. The summed E-state index contributed by atoms with van der Waals surface area (Å²) in [5, 5.41) is 31.2. The second kappa shape index (κ2) is 11.9. The van der Waals surface area contributed by atoms with Gasteiger partial charge in [0, 0.05) is 54.9 Å². The second-order valence-corrected chi connectivity index (χ2v) is 8.54. The number of non-ortho nitro benzene ring substituents is 2. The average Bonchev–Trinajstić information content (AvgIpc) is 3.20. The summed E-state index contributed by atoms with van der Waals surface area (Å²) < 4.78 is 1.79. The van der Waals surface area contributed by atoms with E-state index in [0.29, 0.717) is 16.5 Å². The lowest BCUT2D eigenvalue weighted by Gasteiger charge is -2.05. The predicted molar refractivity (Wildman–Crippen MR) is 129 cm³/mol. The summed E-state index contributed by atoms with van der Waals surface area (Å²) in [4.78, 5) is 25.2. The molecule has 0 fully saturated rings. The van der Waals surface area contributed by atoms with Crippen molar-refractivity contribution in [1.29, 1.82) is 0 Å². The molecule has 0 atom stereocenters. The van der Waals surface area contributed by atoms with Gasteiger partial charge >= 0.3 is 0 Å². The maximum Gasteiger partial charge on any atom is 0.276 e. The monoisotopic (exact) mass is 480 g/mol. The van der Waals surface area contributed by atoms with Crippen LogP contribution in [0.1, 0.15) is 50.2 Å². The highest BCUT2D eigenvalue weighted by Gasteiger charge is 2.18. The number of unbranched alkanes of at least 4 members (excludes halogenated alkanes) is 4. The molecule has 0 radical (unpaired) electrons. The number of thioether (sulfide) groups is 1. The Bertz CT molecular complexity index is 1220. The summed E-state index contributed by atoms with van der Waals surface area (Å²) in [6.07, 6.45) is 8.95. The van der Waals surface area contributed by atoms with Crippen molar-refractivity contribution >= 4 is 23.1 Å². The molecule has 0 N–H and O–H groups in total. The minimum absolute atomic E-state index is 0.260. The van der Waals surface area contributed by atoms with E-state index in [1.165, 1.54) is 43.2 Å². The SMILES string of the molecule is CCCCCCC#Cc1cncc(-c2nnc(SCc3cc([N+](=O)[O-])cc([N+](=O)[O-])c3)n2C)c1. The number of nitro benzene ring substituents is 2. The van der Waals surface area contributed by atoms with E-state index >= 15 is 0 Å². The van der Waals surface area contributed by atoms with E-state index in [9.17, 15) is 20.2 Å². The lowest BCUT2D eigenvalue weighted by Crippen LogP contribution is -1.97. The lowest BCUT2D eigenvalue weighted by atomic mass is 10.1. The summed E-state index contributed by atoms with van der Waals surface area (Å²) >= 11 is 1.28. The van der Waals surface area contributed by atoms with Crippen molar-refractivity contribution < 1.29 is 9.85 Å². The molecule has 1 aromatic carbocycles. The molecule has 0 bridgehead atoms. The van der Waals surface area contributed by atoms with E-state index in [1.807, 2.05) is 6.07 Å². The van der Waals surface area contributed by atoms with Gasteiger partial charge in [-0.2, -0.15) is 0 Å². The van der Waals surface area contributed by atoms with Crippen LogP contribution in [0.2, 0.25) is 0 Å². The van der Waals surface area contributed by atoms with Gasteiger partial charge in [0.25, 0.3) is 11.4 Å². The van der Waals surface area contributed by atoms with Crippen LogP contribution in [-0.4, -0.2) is 29.6 Å². The van der Waals surface area contributed by atoms with Crippen LogP contribution >= 0.6 is 11.8 Å². The summed E-state index contributed by atoms with van der Waals surface area (Å²) in [6.45, 7) is 2.18. The maximum atomic E-state index is 11.1. The number of nitro groups is 2. The molecule has 11 heteroatoms. The molecular weight excluding hydrogens is 456 g/mol. The average molecular weight is 481 g/mol. The fourth-order valence-corrected chi connectivity index (χ4v) is 4.07. The van der Waals surface area contributed by atoms with Crippen molar-refractivity contribution in [3.8, 4) is 23.2 Å². The van der Waals surface area contributed by atoms with Crippen LogP contribution in [0, 0.1) is 32.1 Å². The number of rotatable bonds is 10. The first kappa shape index (κ1) is 24.9. The Kier molecular flexibility index (Phi) is 8.70. The van der Waals surface area contributed by atoms with Gasteiger partial charge in [-0.05, 0) is 18.1 Å². The van der Waals surface area contributed by atoms with Crippen molar-refractivity contribution in [2.24, 2.45) is 7.05 Å². The van der Waals surface area contributed by atoms with E-state index in [2.05, 4.69) is 33.9 Å². The first-order chi connectivity index (χ1) is 16.4. The number of nitrogens with zero attached hydrogens (tertiary/aromatic N) is 6. The Hall–Kier alpha value is -3.78. The van der Waals surface area contributed by atoms with Gasteiger partial charge in [-0.1, -0.05) is 49.8 Å². The van der Waals surface area contributed by atoms with E-state index in [0.717, 1.165) is 30.0 Å². The molecule has 2 aromatic heterocycles. The summed E-state index contributed by atoms with van der Waals surface area (Å²) in [5.74, 6) is 7.20. The zero-order valence-corrected chi connectivity index (χ0v) is 19.7. The molecule has 0 saturated carbocycles. The number of hydrogen-bond acceptors (Lipinski definition) is 8. The zero-order valence-electron chi connectivity index (χ0n) is 18.9. The largest absolute Gasteiger partial charge is 0.305 e. The van der Waals surface area contributed by atoms with Crippen LogP contribution in [0.5, 0.6) is 0 Å². The van der Waals surface area contributed by atoms with E-state index < -0.39 is 9.85 Å². The molecule has 0 amide bonds. The van der Waals surface area contributed by atoms with Gasteiger partial charge in [-0.15, -0.1) is 10.2 Å². The topological polar surface area (TPSA) is 130 Å². The quantitative estimate of drug-likeness (QED) is 0.125. The number of hydrogen-bond donors (Lipinski definition) is 0. The van der Waals surface area contributed by atoms with E-state index in [4.69, 9.17) is 0 Å². The highest BCUT2D eigenvalue weighted by Crippen LogP contribution is 2.29. The Morgan fingerprint density at radius 2 is 1.74 bits per heavy atom. The van der Waals surface area contributed by atoms with Crippen molar-refractivity contribution in [2.75, 3.05) is 0 Å². The van der Waals surface area contributed by atoms with Crippen LogP contribution in [0.25, 0.3) is 11.4 Å². The van der Waals surface area contributed by atoms with E-state index in [1.54, 1.807) is 24.0 Å². The van der Waals surface area contributed by atoms with Crippen molar-refractivity contribution in [2.45, 2.75) is 49.9 Å². The standard InChI is InChI=1S/C23H24N6O4S/c1-3-4-5-6-7-8-9-17-10-19(15-24-14-17)22-25-26-23(27(22)2)34-16-18-11-20(28(30)31)13-21(12-18)29(32)33/h10-15H,3-7,16H2,1-2H3. The second-order valence-electron chi connectivity index (χ2n) is 7.60. The van der Waals surface area contributed by atoms with E-state index in [-0.39, 0.29) is 17.1 Å². The molecule has 10 nitrogen and oxygen atoms in total. The van der Waals surface area contributed by atoms with Crippen molar-refractivity contribution in [3.63, 3.8) is 0 Å². The van der Waals surface area contributed by atoms with Gasteiger partial charge in [0.15, 0.2) is 11.0 Å². The molecule has 2 heterocycles. The minimum atomic E-state index is -0.643. The molecule has 0 aliphatic carbocycles. The van der Waals surface area contributed by atoms with Crippen LogP contribution in [-0.2, 0) is 12.8 Å². The Labute approximate surface area is 201 Å². The van der Waals surface area contributed by atoms with Gasteiger partial charge in [0.1, 0.15) is 0 Å². The molecule has 0 saturated heterocycles. The highest BCUT2D eigenvalue weighted by atomic mass is 32.2. The van der Waals surface area contributed by atoms with Gasteiger partial charge in [-0.25, -0.2) is 0 Å². The summed E-state index contributed by atoms with van der Waals surface area (Å²) in [6, 6.07) is 5.51. The fraction of sp³-hybridized carbons (Fsp3) is 0.348. The Balaban J connectivity index is 1.72. The molecule has 0 aliphatic rings. The van der Waals surface area contributed by atoms with Crippen LogP contribution in [0.3, 0.4) is 0 Å². The molecule has 0 unspecified atom stereocenters. The van der Waals surface area contributed by atoms with Crippen molar-refractivity contribution in [3.05, 3.63) is 68.0 Å². The first-order valence-electron chi connectivity index (χ1n) is 10.8. The Morgan fingerprint density at radius 1 is 1.00 bits per heavy atom. The smallest absolute Gasteiger partial charge is 0.276 e. The molecule has 176 valence electrons. The van der Waals surface area contributed by atoms with Crippen LogP contribution < -0.4 is 0 Å². The van der Waals surface area contributed by atoms with Crippen molar-refractivity contribution in [1.82, 2.24) is 19.7 Å². The van der Waals surface area contributed by atoms with Crippen LogP contribution in [0.15, 0.2) is 41.8 Å². The number of benzene rings is 1. The minimum Gasteiger partial charge on any atom is -0.305 e. The first-order valence-corrected chi connectivity index (χ1v) is 11.8. The van der Waals surface area contributed by atoms with Gasteiger partial charge in [-0.3, -0.25) is 25.2 Å². The Morgan fingerprint density at radius 3 is 2.41 bits per heavy atom. The molecule has 3 aromatic rings. The summed E-state index contributed by atoms with van der Waals surface area (Å²) in [5.41, 5.74) is 1.38. The number of aromatic nitrogens is 4. The molecule has 0 aliphatic heterocycles. The highest BCUT2D eigenvalue weighted by molar-refractivity contribution is 7.98. The third-order valence-corrected chi connectivity index (χ3v) is 6.06. The maximum absolute atomic E-state index is 11.1. The third-order valence-electron chi connectivity index (χ3n) is 4.97. The summed E-state index contributed by atoms with van der Waals surface area (Å²) in [7, 11) is 1.81. The van der Waals surface area contributed by atoms with Gasteiger partial charge in [0.05, 0.1) is 15.9 Å². The van der Waals surface area contributed by atoms with Crippen LogP contribution in [0.4, 0.5) is 11.4 Å². The molecular formula is C23H24N6O4S. The zero-order chi connectivity index (χ0) is 24.5. The third kappa shape index (κ3) is 6.62. The lowest BCUT2D eigenvalue weighted by molar-refractivity contribution is -0.394. The fourth-order valence-electron chi connectivity index (χ4n) is 3.23. The number of pyridine rings is 1. The molecule has 3 rings (SSSR count). The molecule has 34 heavy (non-hydrogen) atoms. The van der Waals surface area contributed by atoms with Gasteiger partial charge < -0.3 is 4.57 Å². The normalized spacial score (nSPS) is 10.5.